The molecule has 37 heavy (non-hydrogen) atoms. The molecule has 0 radical (unpaired) electrons. The van der Waals surface area contributed by atoms with Crippen LogP contribution in [0.15, 0.2) is 65.9 Å². The highest BCUT2D eigenvalue weighted by molar-refractivity contribution is 6.32. The van der Waals surface area contributed by atoms with E-state index in [-0.39, 0.29) is 0 Å². The molecule has 4 rings (SSSR count). The molecule has 0 unspecified atom stereocenters. The van der Waals surface area contributed by atoms with Gasteiger partial charge < -0.3 is 19.7 Å². The normalized spacial score (nSPS) is 11.2. The second-order valence-electron chi connectivity index (χ2n) is 8.36. The number of hydrogen-bond acceptors (Lipinski definition) is 7. The first-order valence-electron chi connectivity index (χ1n) is 11.7. The SMILES string of the molecule is CCOc1cc2ncc(C#N)c(Nc3ccc(OCc4ccccn4)c(Cl)c3)c2cc1N=C(C)N(C)C. The lowest BCUT2D eigenvalue weighted by Gasteiger charge is -2.16. The minimum absolute atomic E-state index is 0.304. The quantitative estimate of drug-likeness (QED) is 0.212. The van der Waals surface area contributed by atoms with Gasteiger partial charge in [0.25, 0.3) is 0 Å². The first-order chi connectivity index (χ1) is 17.9. The topological polar surface area (TPSA) is 95.7 Å². The maximum Gasteiger partial charge on any atom is 0.147 e. The zero-order chi connectivity index (χ0) is 26.4. The molecule has 2 heterocycles. The van der Waals surface area contributed by atoms with E-state index in [9.17, 15) is 5.26 Å². The van der Waals surface area contributed by atoms with Gasteiger partial charge in [-0.25, -0.2) is 4.99 Å². The highest BCUT2D eigenvalue weighted by Gasteiger charge is 2.15. The van der Waals surface area contributed by atoms with Crippen LogP contribution in [0.25, 0.3) is 10.9 Å². The number of rotatable bonds is 8. The van der Waals surface area contributed by atoms with Gasteiger partial charge in [-0.15, -0.1) is 0 Å². The molecule has 0 saturated carbocycles. The number of nitrogens with zero attached hydrogens (tertiary/aromatic N) is 5. The molecule has 0 bridgehead atoms. The first-order valence-corrected chi connectivity index (χ1v) is 12.1. The molecule has 2 aromatic carbocycles. The molecule has 0 atom stereocenters. The standard InChI is InChI=1S/C28H27ClN6O2/c1-5-36-27-14-24-22(13-25(27)33-18(2)35(3)4)28(19(15-30)16-32-24)34-20-9-10-26(23(29)12-20)37-17-21-8-6-7-11-31-21/h6-14,16H,5,17H2,1-4H3,(H,32,34). The summed E-state index contributed by atoms with van der Waals surface area (Å²) in [6.07, 6.45) is 3.26. The smallest absolute Gasteiger partial charge is 0.147 e. The fraction of sp³-hybridized carbons (Fsp3) is 0.214. The third-order valence-corrected chi connectivity index (χ3v) is 5.90. The van der Waals surface area contributed by atoms with Crippen LogP contribution in [0.2, 0.25) is 5.02 Å². The van der Waals surface area contributed by atoms with E-state index in [4.69, 9.17) is 26.1 Å². The number of fused-ring (bicyclic) bond motifs is 1. The molecule has 0 aliphatic heterocycles. The van der Waals surface area contributed by atoms with Crippen LogP contribution >= 0.6 is 11.6 Å². The molecule has 0 aliphatic rings. The van der Waals surface area contributed by atoms with Crippen molar-refractivity contribution in [2.45, 2.75) is 20.5 Å². The van der Waals surface area contributed by atoms with E-state index in [1.807, 2.05) is 69.2 Å². The predicted molar refractivity (Wildman–Crippen MR) is 147 cm³/mol. The Balaban J connectivity index is 1.70. The van der Waals surface area contributed by atoms with Crippen LogP contribution in [0.1, 0.15) is 25.1 Å². The number of hydrogen-bond donors (Lipinski definition) is 1. The monoisotopic (exact) mass is 514 g/mol. The molecule has 4 aromatic rings. The van der Waals surface area contributed by atoms with Gasteiger partial charge in [-0.1, -0.05) is 17.7 Å². The Bertz CT molecular complexity index is 1480. The second-order valence-corrected chi connectivity index (χ2v) is 8.77. The summed E-state index contributed by atoms with van der Waals surface area (Å²) in [4.78, 5) is 15.4. The van der Waals surface area contributed by atoms with Crippen molar-refractivity contribution in [2.24, 2.45) is 4.99 Å². The molecule has 1 N–H and O–H groups in total. The number of nitriles is 1. The van der Waals surface area contributed by atoms with Crippen molar-refractivity contribution in [3.63, 3.8) is 0 Å². The van der Waals surface area contributed by atoms with Crippen molar-refractivity contribution in [3.8, 4) is 17.6 Å². The van der Waals surface area contributed by atoms with Gasteiger partial charge in [-0.2, -0.15) is 5.26 Å². The number of aromatic nitrogens is 2. The van der Waals surface area contributed by atoms with Gasteiger partial charge >= 0.3 is 0 Å². The second kappa shape index (κ2) is 11.6. The van der Waals surface area contributed by atoms with Gasteiger partial charge in [0.1, 0.15) is 35.7 Å². The summed E-state index contributed by atoms with van der Waals surface area (Å²) in [5, 5.41) is 14.3. The van der Waals surface area contributed by atoms with E-state index in [2.05, 4.69) is 21.4 Å². The highest BCUT2D eigenvalue weighted by Crippen LogP contribution is 2.38. The van der Waals surface area contributed by atoms with Crippen molar-refractivity contribution in [3.05, 3.63) is 77.2 Å². The molecule has 0 spiro atoms. The average molecular weight is 515 g/mol. The van der Waals surface area contributed by atoms with Crippen LogP contribution in [0.4, 0.5) is 17.1 Å². The highest BCUT2D eigenvalue weighted by atomic mass is 35.5. The first kappa shape index (κ1) is 25.7. The molecule has 0 saturated heterocycles. The number of ether oxygens (including phenoxy) is 2. The maximum absolute atomic E-state index is 9.82. The van der Waals surface area contributed by atoms with Gasteiger partial charge in [-0.05, 0) is 50.2 Å². The van der Waals surface area contributed by atoms with Crippen LogP contribution in [-0.2, 0) is 6.61 Å². The van der Waals surface area contributed by atoms with Gasteiger partial charge in [0, 0.05) is 43.6 Å². The predicted octanol–water partition coefficient (Wildman–Crippen LogP) is 6.49. The average Bonchev–Trinajstić information content (AvgIpc) is 2.89. The lowest BCUT2D eigenvalue weighted by molar-refractivity contribution is 0.301. The molecule has 188 valence electrons. The Kier molecular flexibility index (Phi) is 8.06. The fourth-order valence-electron chi connectivity index (χ4n) is 3.54. The van der Waals surface area contributed by atoms with Crippen molar-refractivity contribution < 1.29 is 9.47 Å². The third-order valence-electron chi connectivity index (χ3n) is 5.60. The van der Waals surface area contributed by atoms with Gasteiger partial charge in [0.05, 0.1) is 34.1 Å². The lowest BCUT2D eigenvalue weighted by atomic mass is 10.1. The Labute approximate surface area is 221 Å². The zero-order valence-corrected chi connectivity index (χ0v) is 21.9. The fourth-order valence-corrected chi connectivity index (χ4v) is 3.77. The van der Waals surface area contributed by atoms with Crippen molar-refractivity contribution >= 4 is 45.4 Å². The molecule has 9 heteroatoms. The molecule has 8 nitrogen and oxygen atoms in total. The number of halogens is 1. The zero-order valence-electron chi connectivity index (χ0n) is 21.1. The number of benzene rings is 2. The van der Waals surface area contributed by atoms with E-state index < -0.39 is 0 Å². The summed E-state index contributed by atoms with van der Waals surface area (Å²) in [5.74, 6) is 1.97. The molecule has 0 fully saturated rings. The van der Waals surface area contributed by atoms with Crippen molar-refractivity contribution in [2.75, 3.05) is 26.0 Å². The maximum atomic E-state index is 9.82. The number of nitrogens with one attached hydrogen (secondary N) is 1. The van der Waals surface area contributed by atoms with Crippen LogP contribution in [0, 0.1) is 11.3 Å². The minimum atomic E-state index is 0.304. The van der Waals surface area contributed by atoms with E-state index in [0.29, 0.717) is 57.9 Å². The Morgan fingerprint density at radius 2 is 1.95 bits per heavy atom. The van der Waals surface area contributed by atoms with E-state index in [1.54, 1.807) is 24.5 Å². The molecule has 0 amide bonds. The Morgan fingerprint density at radius 1 is 1.11 bits per heavy atom. The minimum Gasteiger partial charge on any atom is -0.492 e. The number of amidine groups is 1. The van der Waals surface area contributed by atoms with Crippen LogP contribution < -0.4 is 14.8 Å². The van der Waals surface area contributed by atoms with Gasteiger partial charge in [0.15, 0.2) is 0 Å². The van der Waals surface area contributed by atoms with Crippen molar-refractivity contribution in [1.82, 2.24) is 14.9 Å². The summed E-state index contributed by atoms with van der Waals surface area (Å²) < 4.78 is 11.7. The lowest BCUT2D eigenvalue weighted by Crippen LogP contribution is -2.17. The van der Waals surface area contributed by atoms with Crippen molar-refractivity contribution in [1.29, 1.82) is 5.26 Å². The summed E-state index contributed by atoms with van der Waals surface area (Å²) in [6.45, 7) is 4.63. The largest absolute Gasteiger partial charge is 0.492 e. The van der Waals surface area contributed by atoms with Crippen LogP contribution in [-0.4, -0.2) is 41.4 Å². The number of aliphatic imine (C=N–C) groups is 1. The Morgan fingerprint density at radius 3 is 2.62 bits per heavy atom. The summed E-state index contributed by atoms with van der Waals surface area (Å²) >= 11 is 6.52. The Hall–Kier alpha value is -4.35. The van der Waals surface area contributed by atoms with E-state index >= 15 is 0 Å². The molecular formula is C28H27ClN6O2. The van der Waals surface area contributed by atoms with Gasteiger partial charge in [-0.3, -0.25) is 9.97 Å². The van der Waals surface area contributed by atoms with Crippen LogP contribution in [0.5, 0.6) is 11.5 Å². The summed E-state index contributed by atoms with van der Waals surface area (Å²) in [5.41, 5.74) is 3.82. The molecule has 0 aliphatic carbocycles. The summed E-state index contributed by atoms with van der Waals surface area (Å²) in [7, 11) is 3.85. The van der Waals surface area contributed by atoms with Gasteiger partial charge in [0.2, 0.25) is 0 Å². The summed E-state index contributed by atoms with van der Waals surface area (Å²) in [6, 6.07) is 17.0. The third kappa shape index (κ3) is 6.08. The number of anilines is 2. The molecular weight excluding hydrogens is 488 g/mol. The van der Waals surface area contributed by atoms with Crippen LogP contribution in [0.3, 0.4) is 0 Å². The molecule has 2 aromatic heterocycles. The van der Waals surface area contributed by atoms with E-state index in [1.165, 1.54) is 0 Å². The number of pyridine rings is 2. The van der Waals surface area contributed by atoms with E-state index in [0.717, 1.165) is 16.9 Å².